The minimum Gasteiger partial charge on any atom is -0.463 e. The van der Waals surface area contributed by atoms with Crippen LogP contribution in [-0.2, 0) is 23.8 Å². The molecule has 0 spiro atoms. The Bertz CT molecular complexity index is 721. The molecule has 5 nitrogen and oxygen atoms in total. The molecule has 0 aromatic carbocycles. The Morgan fingerprint density at radius 2 is 1.92 bits per heavy atom. The molecule has 0 unspecified atom stereocenters. The molecule has 0 radical (unpaired) electrons. The van der Waals surface area contributed by atoms with Gasteiger partial charge in [0.05, 0.1) is 6.61 Å². The topological polar surface area (TPSA) is 69.7 Å². The summed E-state index contributed by atoms with van der Waals surface area (Å²) in [5, 5.41) is 0. The van der Waals surface area contributed by atoms with Crippen LogP contribution in [0.3, 0.4) is 0 Å². The maximum absolute atomic E-state index is 12.7. The number of halogens is 3. The highest BCUT2D eigenvalue weighted by molar-refractivity contribution is 7.87. The van der Waals surface area contributed by atoms with Gasteiger partial charge in [-0.2, -0.15) is 21.6 Å². The Balaban J connectivity index is 2.38. The molecule has 0 heterocycles. The monoisotopic (exact) mass is 396 g/mol. The Labute approximate surface area is 151 Å². The smallest absolute Gasteiger partial charge is 0.463 e. The lowest BCUT2D eigenvalue weighted by Crippen LogP contribution is -2.27. The van der Waals surface area contributed by atoms with Gasteiger partial charge in [0.25, 0.3) is 0 Å². The van der Waals surface area contributed by atoms with Gasteiger partial charge < -0.3 is 8.92 Å². The number of esters is 1. The SMILES string of the molecule is CCOC(=O)/C(C)=C/[C@@H]1CC[C@@H](C)[C@H]2CCC(OS(=O)(=O)C(F)(F)F)=C12. The summed E-state index contributed by atoms with van der Waals surface area (Å²) in [5.74, 6) is -0.782. The highest BCUT2D eigenvalue weighted by Crippen LogP contribution is 2.49. The average Bonchev–Trinajstić information content (AvgIpc) is 2.93. The summed E-state index contributed by atoms with van der Waals surface area (Å²) in [6.07, 6.45) is 3.79. The fourth-order valence-electron chi connectivity index (χ4n) is 3.72. The minimum atomic E-state index is -5.70. The number of rotatable bonds is 5. The van der Waals surface area contributed by atoms with Crippen molar-refractivity contribution in [2.24, 2.45) is 17.8 Å². The van der Waals surface area contributed by atoms with Gasteiger partial charge in [0.2, 0.25) is 0 Å². The van der Waals surface area contributed by atoms with Crippen molar-refractivity contribution in [3.05, 3.63) is 23.0 Å². The van der Waals surface area contributed by atoms with E-state index in [1.165, 1.54) is 0 Å². The molecule has 3 atom stereocenters. The lowest BCUT2D eigenvalue weighted by molar-refractivity contribution is -0.138. The molecule has 2 aliphatic carbocycles. The van der Waals surface area contributed by atoms with E-state index in [4.69, 9.17) is 4.74 Å². The summed E-state index contributed by atoms with van der Waals surface area (Å²) in [4.78, 5) is 11.8. The third-order valence-electron chi connectivity index (χ3n) is 4.97. The fourth-order valence-corrected chi connectivity index (χ4v) is 4.26. The zero-order valence-corrected chi connectivity index (χ0v) is 15.7. The van der Waals surface area contributed by atoms with Gasteiger partial charge in [0.15, 0.2) is 0 Å². The molecule has 2 rings (SSSR count). The Morgan fingerprint density at radius 1 is 1.27 bits per heavy atom. The predicted molar refractivity (Wildman–Crippen MR) is 88.1 cm³/mol. The molecule has 0 N–H and O–H groups in total. The van der Waals surface area contributed by atoms with Crippen molar-refractivity contribution in [3.63, 3.8) is 0 Å². The molecule has 0 aromatic rings. The summed E-state index contributed by atoms with van der Waals surface area (Å²) in [6.45, 7) is 5.46. The maximum Gasteiger partial charge on any atom is 0.534 e. The first-order chi connectivity index (χ1) is 12.0. The van der Waals surface area contributed by atoms with Crippen molar-refractivity contribution in [2.45, 2.75) is 52.0 Å². The van der Waals surface area contributed by atoms with E-state index in [9.17, 15) is 26.4 Å². The van der Waals surface area contributed by atoms with Gasteiger partial charge in [-0.15, -0.1) is 0 Å². The van der Waals surface area contributed by atoms with Crippen LogP contribution >= 0.6 is 0 Å². The first-order valence-electron chi connectivity index (χ1n) is 8.57. The Morgan fingerprint density at radius 3 is 2.50 bits per heavy atom. The summed E-state index contributed by atoms with van der Waals surface area (Å²) in [5.41, 5.74) is -4.55. The van der Waals surface area contributed by atoms with Crippen LogP contribution in [0.4, 0.5) is 13.2 Å². The molecular weight excluding hydrogens is 373 g/mol. The van der Waals surface area contributed by atoms with E-state index < -0.39 is 21.6 Å². The number of carbonyl (C=O) groups excluding carboxylic acids is 1. The van der Waals surface area contributed by atoms with E-state index in [0.717, 1.165) is 6.42 Å². The molecule has 0 aromatic heterocycles. The van der Waals surface area contributed by atoms with E-state index in [1.807, 2.05) is 6.92 Å². The molecule has 0 amide bonds. The van der Waals surface area contributed by atoms with Crippen LogP contribution in [0.15, 0.2) is 23.0 Å². The molecule has 2 aliphatic rings. The molecule has 1 fully saturated rings. The normalized spacial score (nSPS) is 27.3. The quantitative estimate of drug-likeness (QED) is 0.303. The third kappa shape index (κ3) is 4.24. The molecule has 0 bridgehead atoms. The number of ether oxygens (including phenoxy) is 1. The number of fused-ring (bicyclic) bond motifs is 1. The van der Waals surface area contributed by atoms with Gasteiger partial charge in [0.1, 0.15) is 5.76 Å². The van der Waals surface area contributed by atoms with Crippen LogP contribution in [0.5, 0.6) is 0 Å². The van der Waals surface area contributed by atoms with E-state index in [1.54, 1.807) is 19.9 Å². The van der Waals surface area contributed by atoms with Crippen molar-refractivity contribution < 1.29 is 35.3 Å². The second kappa shape index (κ2) is 7.62. The number of carbonyl (C=O) groups is 1. The van der Waals surface area contributed by atoms with Crippen molar-refractivity contribution >= 4 is 16.1 Å². The average molecular weight is 396 g/mol. The van der Waals surface area contributed by atoms with Gasteiger partial charge in [-0.25, -0.2) is 4.79 Å². The van der Waals surface area contributed by atoms with Gasteiger partial charge in [0, 0.05) is 17.9 Å². The van der Waals surface area contributed by atoms with Crippen LogP contribution in [-0.4, -0.2) is 26.5 Å². The number of alkyl halides is 3. The summed E-state index contributed by atoms with van der Waals surface area (Å²) in [6, 6.07) is 0. The minimum absolute atomic E-state index is 0.0431. The van der Waals surface area contributed by atoms with Gasteiger partial charge >= 0.3 is 21.6 Å². The molecule has 0 aliphatic heterocycles. The molecule has 1 saturated carbocycles. The van der Waals surface area contributed by atoms with Gasteiger partial charge in [-0.1, -0.05) is 13.0 Å². The summed E-state index contributed by atoms with van der Waals surface area (Å²) >= 11 is 0. The number of hydrogen-bond acceptors (Lipinski definition) is 5. The maximum atomic E-state index is 12.7. The van der Waals surface area contributed by atoms with Gasteiger partial charge in [-0.3, -0.25) is 0 Å². The second-order valence-electron chi connectivity index (χ2n) is 6.74. The highest BCUT2D eigenvalue weighted by Gasteiger charge is 2.50. The molecule has 9 heteroatoms. The second-order valence-corrected chi connectivity index (χ2v) is 8.28. The van der Waals surface area contributed by atoms with E-state index >= 15 is 0 Å². The van der Waals surface area contributed by atoms with E-state index in [0.29, 0.717) is 24.0 Å². The molecule has 26 heavy (non-hydrogen) atoms. The fraction of sp³-hybridized carbons (Fsp3) is 0.706. The van der Waals surface area contributed by atoms with Crippen molar-refractivity contribution in [3.8, 4) is 0 Å². The van der Waals surface area contributed by atoms with Crippen LogP contribution in [0.2, 0.25) is 0 Å². The van der Waals surface area contributed by atoms with E-state index in [-0.39, 0.29) is 36.5 Å². The van der Waals surface area contributed by atoms with Crippen molar-refractivity contribution in [2.75, 3.05) is 6.61 Å². The zero-order chi connectivity index (χ0) is 19.7. The third-order valence-corrected chi connectivity index (χ3v) is 5.95. The van der Waals surface area contributed by atoms with Crippen LogP contribution in [0, 0.1) is 17.8 Å². The van der Waals surface area contributed by atoms with Crippen LogP contribution in [0.1, 0.15) is 46.5 Å². The Hall–Kier alpha value is -1.51. The van der Waals surface area contributed by atoms with Gasteiger partial charge in [-0.05, 0) is 50.5 Å². The summed E-state index contributed by atoms with van der Waals surface area (Å²) < 4.78 is 70.3. The van der Waals surface area contributed by atoms with E-state index in [2.05, 4.69) is 4.18 Å². The first kappa shape index (κ1) is 20.8. The lowest BCUT2D eigenvalue weighted by Gasteiger charge is -2.33. The lowest BCUT2D eigenvalue weighted by atomic mass is 9.72. The van der Waals surface area contributed by atoms with Crippen LogP contribution < -0.4 is 0 Å². The van der Waals surface area contributed by atoms with Crippen molar-refractivity contribution in [1.82, 2.24) is 0 Å². The predicted octanol–water partition coefficient (Wildman–Crippen LogP) is 4.07. The molecular formula is C17H23F3O5S. The van der Waals surface area contributed by atoms with Crippen LogP contribution in [0.25, 0.3) is 0 Å². The first-order valence-corrected chi connectivity index (χ1v) is 9.98. The largest absolute Gasteiger partial charge is 0.534 e. The number of allylic oxidation sites excluding steroid dienone is 3. The zero-order valence-electron chi connectivity index (χ0n) is 14.9. The Kier molecular flexibility index (Phi) is 6.09. The molecule has 148 valence electrons. The van der Waals surface area contributed by atoms with Crippen molar-refractivity contribution in [1.29, 1.82) is 0 Å². The summed E-state index contributed by atoms with van der Waals surface area (Å²) in [7, 11) is -5.70. The number of hydrogen-bond donors (Lipinski definition) is 0. The highest BCUT2D eigenvalue weighted by atomic mass is 32.2. The molecule has 0 saturated heterocycles. The standard InChI is InChI=1S/C17H23F3O5S/c1-4-24-16(21)11(3)9-12-6-5-10(2)13-7-8-14(15(12)13)25-26(22,23)17(18,19)20/h9-10,12-13H,4-8H2,1-3H3/b11-9+/t10-,12+,13-/m1/s1.